The van der Waals surface area contributed by atoms with E-state index in [1.54, 1.807) is 18.5 Å². The monoisotopic (exact) mass is 204 g/mol. The third-order valence-electron chi connectivity index (χ3n) is 2.01. The molecule has 0 saturated heterocycles. The van der Waals surface area contributed by atoms with Gasteiger partial charge in [-0.25, -0.2) is 0 Å². The van der Waals surface area contributed by atoms with E-state index in [1.807, 2.05) is 24.3 Å². The van der Waals surface area contributed by atoms with Crippen LogP contribution in [-0.2, 0) is 0 Å². The van der Waals surface area contributed by atoms with Crippen LogP contribution in [0.25, 0.3) is 11.1 Å². The maximum Gasteiger partial charge on any atom is 0.0635 e. The number of hydrogen-bond acceptors (Lipinski definition) is 2. The Morgan fingerprint density at radius 2 is 1.71 bits per heavy atom. The highest BCUT2D eigenvalue weighted by molar-refractivity contribution is 6.33. The summed E-state index contributed by atoms with van der Waals surface area (Å²) in [4.78, 5) is 3.95. The summed E-state index contributed by atoms with van der Waals surface area (Å²) < 4.78 is 0. The van der Waals surface area contributed by atoms with Gasteiger partial charge >= 0.3 is 0 Å². The van der Waals surface area contributed by atoms with E-state index < -0.39 is 0 Å². The van der Waals surface area contributed by atoms with Crippen LogP contribution < -0.4 is 5.73 Å². The first-order valence-electron chi connectivity index (χ1n) is 4.23. The number of nitrogens with zero attached hydrogens (tertiary/aromatic N) is 1. The lowest BCUT2D eigenvalue weighted by molar-refractivity contribution is 1.33. The Morgan fingerprint density at radius 1 is 1.00 bits per heavy atom. The number of pyridine rings is 1. The lowest BCUT2D eigenvalue weighted by Crippen LogP contribution is -1.87. The Labute approximate surface area is 87.4 Å². The first-order valence-corrected chi connectivity index (χ1v) is 4.60. The van der Waals surface area contributed by atoms with Crippen molar-refractivity contribution in [1.29, 1.82) is 0 Å². The molecule has 0 aliphatic rings. The first-order chi connectivity index (χ1) is 6.77. The van der Waals surface area contributed by atoms with Crippen LogP contribution in [-0.4, -0.2) is 4.98 Å². The van der Waals surface area contributed by atoms with Gasteiger partial charge < -0.3 is 5.73 Å². The maximum absolute atomic E-state index is 5.83. The molecule has 0 amide bonds. The molecule has 3 heteroatoms. The molecule has 0 saturated carbocycles. The van der Waals surface area contributed by atoms with Gasteiger partial charge in [-0.2, -0.15) is 0 Å². The molecule has 0 bridgehead atoms. The Kier molecular flexibility index (Phi) is 2.37. The molecular formula is C11H9ClN2. The SMILES string of the molecule is Nc1cc(-c2ccncc2)ccc1Cl. The molecule has 1 heterocycles. The largest absolute Gasteiger partial charge is 0.398 e. The smallest absolute Gasteiger partial charge is 0.0635 e. The summed E-state index contributed by atoms with van der Waals surface area (Å²) in [6.45, 7) is 0. The Morgan fingerprint density at radius 3 is 2.36 bits per heavy atom. The zero-order valence-corrected chi connectivity index (χ0v) is 8.20. The van der Waals surface area contributed by atoms with Crippen molar-refractivity contribution in [2.45, 2.75) is 0 Å². The molecule has 2 N–H and O–H groups in total. The third-order valence-corrected chi connectivity index (χ3v) is 2.35. The number of nitrogens with two attached hydrogens (primary N) is 1. The average Bonchev–Trinajstić information content (AvgIpc) is 2.23. The van der Waals surface area contributed by atoms with Crippen LogP contribution in [0, 0.1) is 0 Å². The van der Waals surface area contributed by atoms with Gasteiger partial charge in [0.15, 0.2) is 0 Å². The van der Waals surface area contributed by atoms with Crippen LogP contribution in [0.5, 0.6) is 0 Å². The van der Waals surface area contributed by atoms with E-state index in [4.69, 9.17) is 17.3 Å². The van der Waals surface area contributed by atoms with Crippen LogP contribution in [0.1, 0.15) is 0 Å². The normalized spacial score (nSPS) is 10.1. The van der Waals surface area contributed by atoms with Gasteiger partial charge in [-0.3, -0.25) is 4.98 Å². The van der Waals surface area contributed by atoms with E-state index in [2.05, 4.69) is 4.98 Å². The van der Waals surface area contributed by atoms with E-state index in [-0.39, 0.29) is 0 Å². The molecule has 1 aromatic heterocycles. The van der Waals surface area contributed by atoms with Crippen molar-refractivity contribution in [3.8, 4) is 11.1 Å². The predicted molar refractivity (Wildman–Crippen MR) is 59.1 cm³/mol. The fourth-order valence-electron chi connectivity index (χ4n) is 1.27. The standard InChI is InChI=1S/C11H9ClN2/c12-10-2-1-9(7-11(10)13)8-3-5-14-6-4-8/h1-7H,13H2. The average molecular weight is 205 g/mol. The number of nitrogen functional groups attached to an aromatic ring is 1. The predicted octanol–water partition coefficient (Wildman–Crippen LogP) is 2.98. The van der Waals surface area contributed by atoms with Gasteiger partial charge in [-0.15, -0.1) is 0 Å². The quantitative estimate of drug-likeness (QED) is 0.726. The Bertz CT molecular complexity index is 440. The van der Waals surface area contributed by atoms with Gasteiger partial charge in [0, 0.05) is 12.4 Å². The number of aromatic nitrogens is 1. The summed E-state index contributed by atoms with van der Waals surface area (Å²) in [5.74, 6) is 0. The molecule has 0 aliphatic carbocycles. The number of benzene rings is 1. The summed E-state index contributed by atoms with van der Waals surface area (Å²) in [5.41, 5.74) is 8.45. The van der Waals surface area contributed by atoms with Gasteiger partial charge in [0.1, 0.15) is 0 Å². The Balaban J connectivity index is 2.48. The highest BCUT2D eigenvalue weighted by Gasteiger charge is 1.99. The molecule has 0 unspecified atom stereocenters. The molecule has 1 aromatic carbocycles. The van der Waals surface area contributed by atoms with E-state index >= 15 is 0 Å². The number of halogens is 1. The molecular weight excluding hydrogens is 196 g/mol. The van der Waals surface area contributed by atoms with Gasteiger partial charge in [0.25, 0.3) is 0 Å². The molecule has 0 aliphatic heterocycles. The van der Waals surface area contributed by atoms with Crippen molar-refractivity contribution >= 4 is 17.3 Å². The van der Waals surface area contributed by atoms with Crippen LogP contribution in [0.4, 0.5) is 5.69 Å². The number of anilines is 1. The zero-order valence-electron chi connectivity index (χ0n) is 7.44. The van der Waals surface area contributed by atoms with Crippen molar-refractivity contribution in [1.82, 2.24) is 4.98 Å². The minimum Gasteiger partial charge on any atom is -0.398 e. The minimum atomic E-state index is 0.586. The van der Waals surface area contributed by atoms with E-state index in [0.717, 1.165) is 11.1 Å². The molecule has 0 atom stereocenters. The van der Waals surface area contributed by atoms with Crippen molar-refractivity contribution in [2.24, 2.45) is 0 Å². The summed E-state index contributed by atoms with van der Waals surface area (Å²) in [5, 5.41) is 0.586. The maximum atomic E-state index is 5.83. The van der Waals surface area contributed by atoms with Crippen LogP contribution >= 0.6 is 11.6 Å². The lowest BCUT2D eigenvalue weighted by atomic mass is 10.1. The summed E-state index contributed by atoms with van der Waals surface area (Å²) in [7, 11) is 0. The molecule has 2 aromatic rings. The van der Waals surface area contributed by atoms with E-state index in [9.17, 15) is 0 Å². The molecule has 14 heavy (non-hydrogen) atoms. The second kappa shape index (κ2) is 3.68. The van der Waals surface area contributed by atoms with Crippen LogP contribution in [0.15, 0.2) is 42.7 Å². The second-order valence-electron chi connectivity index (χ2n) is 2.97. The van der Waals surface area contributed by atoms with Crippen LogP contribution in [0.2, 0.25) is 5.02 Å². The van der Waals surface area contributed by atoms with Gasteiger partial charge in [-0.05, 0) is 35.4 Å². The highest BCUT2D eigenvalue weighted by atomic mass is 35.5. The minimum absolute atomic E-state index is 0.586. The molecule has 0 fully saturated rings. The number of rotatable bonds is 1. The highest BCUT2D eigenvalue weighted by Crippen LogP contribution is 2.25. The number of hydrogen-bond donors (Lipinski definition) is 1. The summed E-state index contributed by atoms with van der Waals surface area (Å²) in [6.07, 6.45) is 3.50. The zero-order chi connectivity index (χ0) is 9.97. The van der Waals surface area contributed by atoms with Crippen molar-refractivity contribution in [3.05, 3.63) is 47.7 Å². The molecule has 0 radical (unpaired) electrons. The van der Waals surface area contributed by atoms with Crippen molar-refractivity contribution in [3.63, 3.8) is 0 Å². The molecule has 2 nitrogen and oxygen atoms in total. The molecule has 0 spiro atoms. The van der Waals surface area contributed by atoms with Gasteiger partial charge in [0.05, 0.1) is 10.7 Å². The van der Waals surface area contributed by atoms with Crippen molar-refractivity contribution < 1.29 is 0 Å². The van der Waals surface area contributed by atoms with E-state index in [0.29, 0.717) is 10.7 Å². The Hall–Kier alpha value is -1.54. The lowest BCUT2D eigenvalue weighted by Gasteiger charge is -2.03. The second-order valence-corrected chi connectivity index (χ2v) is 3.38. The van der Waals surface area contributed by atoms with Crippen LogP contribution in [0.3, 0.4) is 0 Å². The topological polar surface area (TPSA) is 38.9 Å². The first kappa shape index (κ1) is 9.03. The molecule has 2 rings (SSSR count). The molecule has 70 valence electrons. The third kappa shape index (κ3) is 1.70. The van der Waals surface area contributed by atoms with Gasteiger partial charge in [0.2, 0.25) is 0 Å². The van der Waals surface area contributed by atoms with Gasteiger partial charge in [-0.1, -0.05) is 17.7 Å². The van der Waals surface area contributed by atoms with E-state index in [1.165, 1.54) is 0 Å². The van der Waals surface area contributed by atoms with Crippen molar-refractivity contribution in [2.75, 3.05) is 5.73 Å². The summed E-state index contributed by atoms with van der Waals surface area (Å²) >= 11 is 5.83. The fraction of sp³-hybridized carbons (Fsp3) is 0. The summed E-state index contributed by atoms with van der Waals surface area (Å²) in [6, 6.07) is 9.46. The fourth-order valence-corrected chi connectivity index (χ4v) is 1.39.